The van der Waals surface area contributed by atoms with Gasteiger partial charge in [-0.1, -0.05) is 11.6 Å². The van der Waals surface area contributed by atoms with Gasteiger partial charge in [0.2, 0.25) is 5.91 Å². The number of halogens is 1. The van der Waals surface area contributed by atoms with E-state index in [1.54, 1.807) is 0 Å². The number of rotatable bonds is 2. The van der Waals surface area contributed by atoms with Crippen LogP contribution >= 0.6 is 11.6 Å². The summed E-state index contributed by atoms with van der Waals surface area (Å²) in [6, 6.07) is 3.69. The van der Waals surface area contributed by atoms with Crippen LogP contribution in [0.15, 0.2) is 23.9 Å². The summed E-state index contributed by atoms with van der Waals surface area (Å²) in [5, 5.41) is 13.3. The first-order valence-electron chi connectivity index (χ1n) is 8.46. The van der Waals surface area contributed by atoms with Crippen molar-refractivity contribution in [1.29, 1.82) is 0 Å². The molecule has 1 saturated carbocycles. The molecule has 126 valence electrons. The monoisotopic (exact) mass is 344 g/mol. The molecule has 1 saturated heterocycles. The minimum Gasteiger partial charge on any atom is -0.361 e. The zero-order chi connectivity index (χ0) is 16.5. The van der Waals surface area contributed by atoms with E-state index in [1.165, 1.54) is 17.7 Å². The molecule has 0 bridgehead atoms. The number of hydrogen-bond donors (Lipinski definition) is 4. The molecule has 2 fully saturated rings. The molecule has 0 aromatic heterocycles. The second-order valence-corrected chi connectivity index (χ2v) is 6.84. The van der Waals surface area contributed by atoms with Crippen LogP contribution in [-0.2, 0) is 4.79 Å². The van der Waals surface area contributed by atoms with Gasteiger partial charge in [0.15, 0.2) is 0 Å². The Morgan fingerprint density at radius 2 is 2.12 bits per heavy atom. The average molecular weight is 345 g/mol. The van der Waals surface area contributed by atoms with Gasteiger partial charge >= 0.3 is 0 Å². The van der Waals surface area contributed by atoms with Gasteiger partial charge in [0, 0.05) is 37.1 Å². The summed E-state index contributed by atoms with van der Waals surface area (Å²) >= 11 is 6.45. The smallest absolute Gasteiger partial charge is 0.242 e. The maximum absolute atomic E-state index is 12.4. The van der Waals surface area contributed by atoms with E-state index in [0.717, 1.165) is 37.1 Å². The summed E-state index contributed by atoms with van der Waals surface area (Å²) in [5.41, 5.74) is 5.49. The van der Waals surface area contributed by atoms with Gasteiger partial charge in [-0.25, -0.2) is 0 Å². The number of anilines is 1. The minimum atomic E-state index is -0.226. The van der Waals surface area contributed by atoms with Crippen molar-refractivity contribution in [2.75, 3.05) is 25.0 Å². The van der Waals surface area contributed by atoms with Crippen LogP contribution in [0.3, 0.4) is 0 Å². The number of amides is 1. The fourth-order valence-corrected chi connectivity index (χ4v) is 3.50. The SMILES string of the molecule is O=C(Nc1cc2c(cc1Cl)C(=C1CCC1)NC=C2)C1CNCCN1. The topological polar surface area (TPSA) is 65.2 Å². The molecule has 6 heteroatoms. The van der Waals surface area contributed by atoms with Gasteiger partial charge < -0.3 is 21.3 Å². The summed E-state index contributed by atoms with van der Waals surface area (Å²) in [5.74, 6) is -0.0560. The highest BCUT2D eigenvalue weighted by Crippen LogP contribution is 2.38. The molecule has 24 heavy (non-hydrogen) atoms. The number of piperazine rings is 1. The number of fused-ring (bicyclic) bond motifs is 1. The molecule has 2 heterocycles. The molecule has 1 aliphatic carbocycles. The largest absolute Gasteiger partial charge is 0.361 e. The number of hydrogen-bond acceptors (Lipinski definition) is 4. The van der Waals surface area contributed by atoms with E-state index in [-0.39, 0.29) is 11.9 Å². The van der Waals surface area contributed by atoms with E-state index >= 15 is 0 Å². The van der Waals surface area contributed by atoms with Crippen molar-refractivity contribution in [3.8, 4) is 0 Å². The second-order valence-electron chi connectivity index (χ2n) is 6.43. The maximum atomic E-state index is 12.4. The maximum Gasteiger partial charge on any atom is 0.242 e. The Balaban J connectivity index is 1.59. The van der Waals surface area contributed by atoms with Crippen LogP contribution in [0.5, 0.6) is 0 Å². The van der Waals surface area contributed by atoms with Gasteiger partial charge in [-0.3, -0.25) is 4.79 Å². The van der Waals surface area contributed by atoms with Crippen molar-refractivity contribution < 1.29 is 4.79 Å². The molecule has 3 aliphatic rings. The Morgan fingerprint density at radius 3 is 2.83 bits per heavy atom. The Morgan fingerprint density at radius 1 is 1.25 bits per heavy atom. The van der Waals surface area contributed by atoms with Crippen LogP contribution in [0.2, 0.25) is 5.02 Å². The third-order valence-corrected chi connectivity index (χ3v) is 5.14. The molecule has 1 aromatic rings. The van der Waals surface area contributed by atoms with Crippen LogP contribution in [0.1, 0.15) is 30.4 Å². The third-order valence-electron chi connectivity index (χ3n) is 4.83. The normalized spacial score (nSPS) is 22.5. The molecular weight excluding hydrogens is 324 g/mol. The lowest BCUT2D eigenvalue weighted by atomic mass is 9.86. The van der Waals surface area contributed by atoms with Crippen LogP contribution < -0.4 is 21.3 Å². The van der Waals surface area contributed by atoms with E-state index in [2.05, 4.69) is 21.3 Å². The highest BCUT2D eigenvalue weighted by molar-refractivity contribution is 6.34. The summed E-state index contributed by atoms with van der Waals surface area (Å²) in [4.78, 5) is 12.4. The third kappa shape index (κ3) is 2.95. The number of carbonyl (C=O) groups excluding carboxylic acids is 1. The van der Waals surface area contributed by atoms with Gasteiger partial charge in [0.05, 0.1) is 16.8 Å². The Labute approximate surface area is 146 Å². The Kier molecular flexibility index (Phi) is 4.31. The molecule has 1 unspecified atom stereocenters. The predicted octanol–water partition coefficient (Wildman–Crippen LogP) is 2.31. The number of nitrogens with one attached hydrogen (secondary N) is 4. The van der Waals surface area contributed by atoms with Crippen molar-refractivity contribution in [3.63, 3.8) is 0 Å². The van der Waals surface area contributed by atoms with Crippen LogP contribution in [-0.4, -0.2) is 31.6 Å². The van der Waals surface area contributed by atoms with E-state index in [4.69, 9.17) is 11.6 Å². The van der Waals surface area contributed by atoms with Crippen LogP contribution in [0.25, 0.3) is 11.8 Å². The summed E-state index contributed by atoms with van der Waals surface area (Å²) in [6.45, 7) is 2.31. The fraction of sp³-hybridized carbons (Fsp3) is 0.389. The molecule has 4 rings (SSSR count). The zero-order valence-corrected chi connectivity index (χ0v) is 14.2. The Bertz CT molecular complexity index is 729. The van der Waals surface area contributed by atoms with E-state index in [9.17, 15) is 4.79 Å². The van der Waals surface area contributed by atoms with E-state index in [0.29, 0.717) is 17.3 Å². The van der Waals surface area contributed by atoms with E-state index < -0.39 is 0 Å². The molecule has 5 nitrogen and oxygen atoms in total. The number of carbonyl (C=O) groups is 1. The molecule has 4 N–H and O–H groups in total. The zero-order valence-electron chi connectivity index (χ0n) is 13.4. The lowest BCUT2D eigenvalue weighted by Gasteiger charge is -2.27. The van der Waals surface area contributed by atoms with Gasteiger partial charge in [-0.05, 0) is 48.6 Å². The molecule has 1 aromatic carbocycles. The van der Waals surface area contributed by atoms with Crippen LogP contribution in [0, 0.1) is 0 Å². The highest BCUT2D eigenvalue weighted by Gasteiger charge is 2.23. The highest BCUT2D eigenvalue weighted by atomic mass is 35.5. The molecule has 0 radical (unpaired) electrons. The molecule has 0 spiro atoms. The van der Waals surface area contributed by atoms with Crippen molar-refractivity contribution in [1.82, 2.24) is 16.0 Å². The minimum absolute atomic E-state index is 0.0560. The van der Waals surface area contributed by atoms with Gasteiger partial charge in [0.1, 0.15) is 0 Å². The quantitative estimate of drug-likeness (QED) is 0.665. The van der Waals surface area contributed by atoms with Crippen molar-refractivity contribution >= 4 is 35.0 Å². The number of benzene rings is 1. The first-order valence-corrected chi connectivity index (χ1v) is 8.84. The van der Waals surface area contributed by atoms with Crippen molar-refractivity contribution in [3.05, 3.63) is 40.1 Å². The van der Waals surface area contributed by atoms with Gasteiger partial charge in [-0.2, -0.15) is 0 Å². The summed E-state index contributed by atoms with van der Waals surface area (Å²) in [7, 11) is 0. The van der Waals surface area contributed by atoms with Gasteiger partial charge in [0.25, 0.3) is 0 Å². The lowest BCUT2D eigenvalue weighted by Crippen LogP contribution is -2.54. The first kappa shape index (κ1) is 15.7. The van der Waals surface area contributed by atoms with Gasteiger partial charge in [-0.15, -0.1) is 0 Å². The summed E-state index contributed by atoms with van der Waals surface area (Å²) in [6.07, 6.45) is 7.52. The lowest BCUT2D eigenvalue weighted by molar-refractivity contribution is -0.118. The Hall–Kier alpha value is -1.82. The van der Waals surface area contributed by atoms with E-state index in [1.807, 2.05) is 24.4 Å². The average Bonchev–Trinajstić information content (AvgIpc) is 2.55. The standard InChI is InChI=1S/C18H21ClN4O/c19-14-9-13-12(4-5-22-17(13)11-2-1-3-11)8-15(14)23-18(24)16-10-20-6-7-21-16/h4-5,8-9,16,20-22H,1-3,6-7,10H2,(H,23,24). The van der Waals surface area contributed by atoms with Crippen molar-refractivity contribution in [2.45, 2.75) is 25.3 Å². The molecule has 2 aliphatic heterocycles. The summed E-state index contributed by atoms with van der Waals surface area (Å²) < 4.78 is 0. The first-order chi connectivity index (χ1) is 11.7. The molecule has 1 amide bonds. The molecular formula is C18H21ClN4O. The number of allylic oxidation sites excluding steroid dienone is 1. The molecule has 1 atom stereocenters. The van der Waals surface area contributed by atoms with Crippen LogP contribution in [0.4, 0.5) is 5.69 Å². The second kappa shape index (κ2) is 6.59. The fourth-order valence-electron chi connectivity index (χ4n) is 3.29. The predicted molar refractivity (Wildman–Crippen MR) is 97.7 cm³/mol. The van der Waals surface area contributed by atoms with Crippen molar-refractivity contribution in [2.24, 2.45) is 0 Å².